The number of carboxylic acids is 1. The second-order valence-electron chi connectivity index (χ2n) is 2.93. The normalized spacial score (nSPS) is 22.1. The number of ether oxygens (including phenoxy) is 1. The van der Waals surface area contributed by atoms with Crippen LogP contribution in [-0.4, -0.2) is 34.8 Å². The summed E-state index contributed by atoms with van der Waals surface area (Å²) in [6.45, 7) is 1.59. The SMILES string of the molecule is CC(OC1CCSCC1)C(=O)O. The Bertz CT molecular complexity index is 154. The molecule has 0 aromatic heterocycles. The van der Waals surface area contributed by atoms with E-state index in [0.29, 0.717) is 0 Å². The minimum atomic E-state index is -0.867. The van der Waals surface area contributed by atoms with Crippen molar-refractivity contribution in [2.45, 2.75) is 32.0 Å². The Morgan fingerprint density at radius 1 is 1.58 bits per heavy atom. The largest absolute Gasteiger partial charge is 0.479 e. The third-order valence-corrected chi connectivity index (χ3v) is 2.96. The van der Waals surface area contributed by atoms with Crippen molar-refractivity contribution >= 4 is 17.7 Å². The van der Waals surface area contributed by atoms with Gasteiger partial charge in [0.05, 0.1) is 6.10 Å². The molecule has 0 aromatic rings. The molecular weight excluding hydrogens is 176 g/mol. The maximum absolute atomic E-state index is 10.4. The van der Waals surface area contributed by atoms with Gasteiger partial charge in [0.25, 0.3) is 0 Å². The van der Waals surface area contributed by atoms with Gasteiger partial charge in [-0.15, -0.1) is 0 Å². The number of carboxylic acid groups (broad SMARTS) is 1. The number of aliphatic carboxylic acids is 1. The average Bonchev–Trinajstić information content (AvgIpc) is 2.06. The smallest absolute Gasteiger partial charge is 0.332 e. The molecule has 1 N–H and O–H groups in total. The van der Waals surface area contributed by atoms with Gasteiger partial charge < -0.3 is 9.84 Å². The fourth-order valence-electron chi connectivity index (χ4n) is 1.16. The summed E-state index contributed by atoms with van der Waals surface area (Å²) in [5.74, 6) is 1.32. The molecule has 0 bridgehead atoms. The van der Waals surface area contributed by atoms with E-state index in [9.17, 15) is 4.79 Å². The van der Waals surface area contributed by atoms with Crippen LogP contribution in [0.4, 0.5) is 0 Å². The Kier molecular flexibility index (Phi) is 3.88. The molecule has 1 saturated heterocycles. The lowest BCUT2D eigenvalue weighted by Crippen LogP contribution is -2.29. The van der Waals surface area contributed by atoms with Crippen LogP contribution in [0.2, 0.25) is 0 Å². The quantitative estimate of drug-likeness (QED) is 0.730. The van der Waals surface area contributed by atoms with E-state index < -0.39 is 12.1 Å². The average molecular weight is 190 g/mol. The van der Waals surface area contributed by atoms with Gasteiger partial charge in [-0.2, -0.15) is 11.8 Å². The second kappa shape index (κ2) is 4.72. The van der Waals surface area contributed by atoms with Crippen molar-refractivity contribution in [2.24, 2.45) is 0 Å². The van der Waals surface area contributed by atoms with E-state index in [-0.39, 0.29) is 6.10 Å². The van der Waals surface area contributed by atoms with Crippen LogP contribution in [0.3, 0.4) is 0 Å². The van der Waals surface area contributed by atoms with Crippen molar-refractivity contribution in [3.05, 3.63) is 0 Å². The topological polar surface area (TPSA) is 46.5 Å². The van der Waals surface area contributed by atoms with Crippen LogP contribution in [0.25, 0.3) is 0 Å². The van der Waals surface area contributed by atoms with E-state index in [4.69, 9.17) is 9.84 Å². The molecule has 0 amide bonds. The standard InChI is InChI=1S/C8H14O3S/c1-6(8(9)10)11-7-2-4-12-5-3-7/h6-7H,2-5H2,1H3,(H,9,10). The van der Waals surface area contributed by atoms with Gasteiger partial charge in [-0.1, -0.05) is 0 Å². The van der Waals surface area contributed by atoms with Gasteiger partial charge in [-0.05, 0) is 31.3 Å². The summed E-state index contributed by atoms with van der Waals surface area (Å²) < 4.78 is 5.34. The summed E-state index contributed by atoms with van der Waals surface area (Å²) >= 11 is 1.91. The molecule has 1 aliphatic heterocycles. The predicted octanol–water partition coefficient (Wildman–Crippen LogP) is 1.37. The van der Waals surface area contributed by atoms with Crippen molar-refractivity contribution in [1.82, 2.24) is 0 Å². The van der Waals surface area contributed by atoms with E-state index in [2.05, 4.69) is 0 Å². The van der Waals surface area contributed by atoms with Crippen LogP contribution in [0.15, 0.2) is 0 Å². The molecule has 1 fully saturated rings. The lowest BCUT2D eigenvalue weighted by Gasteiger charge is -2.23. The molecule has 0 radical (unpaired) electrons. The number of rotatable bonds is 3. The summed E-state index contributed by atoms with van der Waals surface area (Å²) in [6.07, 6.45) is 1.49. The van der Waals surface area contributed by atoms with E-state index in [0.717, 1.165) is 24.3 Å². The molecule has 0 aliphatic carbocycles. The Balaban J connectivity index is 2.24. The second-order valence-corrected chi connectivity index (χ2v) is 4.15. The van der Waals surface area contributed by atoms with E-state index >= 15 is 0 Å². The van der Waals surface area contributed by atoms with Crippen molar-refractivity contribution in [1.29, 1.82) is 0 Å². The maximum Gasteiger partial charge on any atom is 0.332 e. The van der Waals surface area contributed by atoms with Crippen molar-refractivity contribution < 1.29 is 14.6 Å². The molecule has 0 spiro atoms. The van der Waals surface area contributed by atoms with Crippen LogP contribution in [0.5, 0.6) is 0 Å². The van der Waals surface area contributed by atoms with Gasteiger partial charge in [-0.25, -0.2) is 4.79 Å². The third-order valence-electron chi connectivity index (χ3n) is 1.91. The van der Waals surface area contributed by atoms with Gasteiger partial charge in [0.1, 0.15) is 0 Å². The van der Waals surface area contributed by atoms with Crippen LogP contribution in [-0.2, 0) is 9.53 Å². The minimum Gasteiger partial charge on any atom is -0.479 e. The predicted molar refractivity (Wildman–Crippen MR) is 48.5 cm³/mol. The van der Waals surface area contributed by atoms with Crippen LogP contribution < -0.4 is 0 Å². The van der Waals surface area contributed by atoms with E-state index in [1.165, 1.54) is 0 Å². The molecule has 3 nitrogen and oxygen atoms in total. The monoisotopic (exact) mass is 190 g/mol. The van der Waals surface area contributed by atoms with Gasteiger partial charge in [0.2, 0.25) is 0 Å². The summed E-state index contributed by atoms with van der Waals surface area (Å²) in [5, 5.41) is 8.58. The molecule has 70 valence electrons. The van der Waals surface area contributed by atoms with E-state index in [1.54, 1.807) is 6.92 Å². The van der Waals surface area contributed by atoms with Gasteiger partial charge >= 0.3 is 5.97 Å². The van der Waals surface area contributed by atoms with Crippen molar-refractivity contribution in [2.75, 3.05) is 11.5 Å². The van der Waals surface area contributed by atoms with Gasteiger partial charge in [0, 0.05) is 0 Å². The number of hydrogen-bond acceptors (Lipinski definition) is 3. The van der Waals surface area contributed by atoms with Crippen LogP contribution >= 0.6 is 11.8 Å². The first-order chi connectivity index (χ1) is 5.70. The molecule has 1 rings (SSSR count). The number of carbonyl (C=O) groups is 1. The highest BCUT2D eigenvalue weighted by Gasteiger charge is 2.20. The minimum absolute atomic E-state index is 0.164. The fraction of sp³-hybridized carbons (Fsp3) is 0.875. The molecule has 0 aromatic carbocycles. The Morgan fingerprint density at radius 3 is 2.67 bits per heavy atom. The molecule has 1 heterocycles. The summed E-state index contributed by atoms with van der Waals surface area (Å²) in [6, 6.07) is 0. The van der Waals surface area contributed by atoms with Crippen molar-refractivity contribution in [3.63, 3.8) is 0 Å². The van der Waals surface area contributed by atoms with E-state index in [1.807, 2.05) is 11.8 Å². The summed E-state index contributed by atoms with van der Waals surface area (Å²) in [5.41, 5.74) is 0. The maximum atomic E-state index is 10.4. The molecule has 1 atom stereocenters. The molecule has 0 saturated carbocycles. The Labute approximate surface area is 76.5 Å². The first-order valence-electron chi connectivity index (χ1n) is 4.16. The molecular formula is C8H14O3S. The number of hydrogen-bond donors (Lipinski definition) is 1. The Hall–Kier alpha value is -0.220. The molecule has 1 aliphatic rings. The van der Waals surface area contributed by atoms with Crippen LogP contribution in [0.1, 0.15) is 19.8 Å². The highest BCUT2D eigenvalue weighted by Crippen LogP contribution is 2.20. The zero-order chi connectivity index (χ0) is 8.97. The van der Waals surface area contributed by atoms with Crippen molar-refractivity contribution in [3.8, 4) is 0 Å². The zero-order valence-electron chi connectivity index (χ0n) is 7.16. The van der Waals surface area contributed by atoms with Crippen LogP contribution in [0, 0.1) is 0 Å². The van der Waals surface area contributed by atoms with Gasteiger partial charge in [-0.3, -0.25) is 0 Å². The first-order valence-corrected chi connectivity index (χ1v) is 5.31. The number of thioether (sulfide) groups is 1. The molecule has 4 heteroatoms. The third kappa shape index (κ3) is 3.03. The highest BCUT2D eigenvalue weighted by atomic mass is 32.2. The molecule has 12 heavy (non-hydrogen) atoms. The Morgan fingerprint density at radius 2 is 2.17 bits per heavy atom. The fourth-order valence-corrected chi connectivity index (χ4v) is 2.22. The van der Waals surface area contributed by atoms with Gasteiger partial charge in [0.15, 0.2) is 6.10 Å². The molecule has 1 unspecified atom stereocenters. The highest BCUT2D eigenvalue weighted by molar-refractivity contribution is 7.99. The summed E-state index contributed by atoms with van der Waals surface area (Å²) in [7, 11) is 0. The lowest BCUT2D eigenvalue weighted by atomic mass is 10.2. The first kappa shape index (κ1) is 9.86. The zero-order valence-corrected chi connectivity index (χ0v) is 7.97. The summed E-state index contributed by atoms with van der Waals surface area (Å²) in [4.78, 5) is 10.4. The lowest BCUT2D eigenvalue weighted by molar-refractivity contribution is -0.153.